The molecule has 0 amide bonds. The molecule has 2 aromatic heterocycles. The highest BCUT2D eigenvalue weighted by molar-refractivity contribution is 7.99. The first-order valence-corrected chi connectivity index (χ1v) is 6.91. The van der Waals surface area contributed by atoms with Gasteiger partial charge in [-0.05, 0) is 36.4 Å². The highest BCUT2D eigenvalue weighted by atomic mass is 32.2. The van der Waals surface area contributed by atoms with Gasteiger partial charge in [0.15, 0.2) is 17.5 Å². The van der Waals surface area contributed by atoms with Crippen LogP contribution in [0.2, 0.25) is 0 Å². The standard InChI is InChI=1S/C15H9F2N3S/c16-11-5-4-10(9-12(11)17)21-14-6-8-19-15(20-14)13-3-1-2-7-18-13/h1-9H. The van der Waals surface area contributed by atoms with Gasteiger partial charge in [0.05, 0.1) is 0 Å². The summed E-state index contributed by atoms with van der Waals surface area (Å²) in [6.45, 7) is 0. The molecule has 0 aliphatic heterocycles. The van der Waals surface area contributed by atoms with E-state index in [4.69, 9.17) is 0 Å². The molecule has 0 aliphatic rings. The summed E-state index contributed by atoms with van der Waals surface area (Å²) in [6.07, 6.45) is 3.27. The van der Waals surface area contributed by atoms with Crippen molar-refractivity contribution in [3.05, 3.63) is 66.5 Å². The average Bonchev–Trinajstić information content (AvgIpc) is 2.52. The van der Waals surface area contributed by atoms with Gasteiger partial charge in [0.25, 0.3) is 0 Å². The maximum absolute atomic E-state index is 13.2. The Morgan fingerprint density at radius 3 is 2.52 bits per heavy atom. The maximum atomic E-state index is 13.2. The molecule has 0 atom stereocenters. The van der Waals surface area contributed by atoms with Crippen molar-refractivity contribution in [3.63, 3.8) is 0 Å². The van der Waals surface area contributed by atoms with Gasteiger partial charge < -0.3 is 0 Å². The van der Waals surface area contributed by atoms with Crippen molar-refractivity contribution >= 4 is 11.8 Å². The molecule has 0 fully saturated rings. The molecule has 3 aromatic rings. The molecule has 6 heteroatoms. The van der Waals surface area contributed by atoms with Gasteiger partial charge in [-0.2, -0.15) is 0 Å². The Morgan fingerprint density at radius 2 is 1.76 bits per heavy atom. The molecule has 1 aromatic carbocycles. The number of hydrogen-bond acceptors (Lipinski definition) is 4. The van der Waals surface area contributed by atoms with Crippen LogP contribution in [0.3, 0.4) is 0 Å². The molecule has 0 aliphatic carbocycles. The molecule has 3 nitrogen and oxygen atoms in total. The summed E-state index contributed by atoms with van der Waals surface area (Å²) in [4.78, 5) is 13.3. The first-order chi connectivity index (χ1) is 10.2. The lowest BCUT2D eigenvalue weighted by molar-refractivity contribution is 0.506. The van der Waals surface area contributed by atoms with Crippen LogP contribution in [0.5, 0.6) is 0 Å². The van der Waals surface area contributed by atoms with Crippen LogP contribution < -0.4 is 0 Å². The number of benzene rings is 1. The van der Waals surface area contributed by atoms with E-state index >= 15 is 0 Å². The van der Waals surface area contributed by atoms with E-state index in [1.807, 2.05) is 12.1 Å². The van der Waals surface area contributed by atoms with E-state index in [0.29, 0.717) is 21.4 Å². The van der Waals surface area contributed by atoms with Crippen molar-refractivity contribution in [2.45, 2.75) is 9.92 Å². The van der Waals surface area contributed by atoms with Crippen molar-refractivity contribution in [2.75, 3.05) is 0 Å². The van der Waals surface area contributed by atoms with Gasteiger partial charge in [-0.3, -0.25) is 4.98 Å². The SMILES string of the molecule is Fc1ccc(Sc2ccnc(-c3ccccn3)n2)cc1F. The van der Waals surface area contributed by atoms with Gasteiger partial charge in [0.1, 0.15) is 10.7 Å². The van der Waals surface area contributed by atoms with E-state index in [9.17, 15) is 8.78 Å². The topological polar surface area (TPSA) is 38.7 Å². The Kier molecular flexibility index (Phi) is 3.87. The molecule has 2 heterocycles. The smallest absolute Gasteiger partial charge is 0.179 e. The van der Waals surface area contributed by atoms with Gasteiger partial charge in [-0.25, -0.2) is 18.7 Å². The molecule has 0 saturated carbocycles. The third-order valence-electron chi connectivity index (χ3n) is 2.64. The summed E-state index contributed by atoms with van der Waals surface area (Å²) in [5.74, 6) is -1.25. The van der Waals surface area contributed by atoms with Crippen molar-refractivity contribution in [3.8, 4) is 11.5 Å². The van der Waals surface area contributed by atoms with Crippen LogP contribution >= 0.6 is 11.8 Å². The summed E-state index contributed by atoms with van der Waals surface area (Å²) in [5, 5.41) is 0.636. The van der Waals surface area contributed by atoms with E-state index < -0.39 is 11.6 Å². The zero-order valence-electron chi connectivity index (χ0n) is 10.7. The number of halogens is 2. The average molecular weight is 301 g/mol. The van der Waals surface area contributed by atoms with Gasteiger partial charge >= 0.3 is 0 Å². The summed E-state index contributed by atoms with van der Waals surface area (Å²) in [6, 6.07) is 10.9. The van der Waals surface area contributed by atoms with Crippen molar-refractivity contribution in [1.82, 2.24) is 15.0 Å². The normalized spacial score (nSPS) is 10.6. The second-order valence-corrected chi connectivity index (χ2v) is 5.21. The van der Waals surface area contributed by atoms with Crippen LogP contribution in [-0.4, -0.2) is 15.0 Å². The highest BCUT2D eigenvalue weighted by Crippen LogP contribution is 2.27. The molecule has 0 N–H and O–H groups in total. The predicted molar refractivity (Wildman–Crippen MR) is 75.7 cm³/mol. The van der Waals surface area contributed by atoms with Crippen LogP contribution in [0.25, 0.3) is 11.5 Å². The van der Waals surface area contributed by atoms with Crippen LogP contribution in [0.4, 0.5) is 8.78 Å². The molecular formula is C15H9F2N3S. The lowest BCUT2D eigenvalue weighted by atomic mass is 10.3. The van der Waals surface area contributed by atoms with Crippen molar-refractivity contribution in [1.29, 1.82) is 0 Å². The van der Waals surface area contributed by atoms with Crippen molar-refractivity contribution in [2.24, 2.45) is 0 Å². The van der Waals surface area contributed by atoms with Gasteiger partial charge in [0.2, 0.25) is 0 Å². The Morgan fingerprint density at radius 1 is 0.857 bits per heavy atom. The number of aromatic nitrogens is 3. The lowest BCUT2D eigenvalue weighted by Gasteiger charge is -2.03. The number of rotatable bonds is 3. The third kappa shape index (κ3) is 3.22. The van der Waals surface area contributed by atoms with Crippen LogP contribution in [0, 0.1) is 11.6 Å². The Bertz CT molecular complexity index is 766. The molecule has 0 radical (unpaired) electrons. The van der Waals surface area contributed by atoms with Crippen molar-refractivity contribution < 1.29 is 8.78 Å². The van der Waals surface area contributed by atoms with Gasteiger partial charge in [0, 0.05) is 17.3 Å². The Hall–Kier alpha value is -2.34. The zero-order valence-corrected chi connectivity index (χ0v) is 11.5. The fourth-order valence-corrected chi connectivity index (χ4v) is 2.48. The van der Waals surface area contributed by atoms with Gasteiger partial charge in [-0.15, -0.1) is 0 Å². The molecule has 104 valence electrons. The Balaban J connectivity index is 1.88. The van der Waals surface area contributed by atoms with E-state index in [2.05, 4.69) is 15.0 Å². The first kappa shape index (κ1) is 13.6. The second-order valence-electron chi connectivity index (χ2n) is 4.11. The Labute approximate surface area is 124 Å². The predicted octanol–water partition coefficient (Wildman–Crippen LogP) is 3.97. The fraction of sp³-hybridized carbons (Fsp3) is 0. The quantitative estimate of drug-likeness (QED) is 0.686. The minimum absolute atomic E-state index is 0.489. The van der Waals surface area contributed by atoms with Crippen LogP contribution in [-0.2, 0) is 0 Å². The van der Waals surface area contributed by atoms with E-state index in [0.717, 1.165) is 12.1 Å². The lowest BCUT2D eigenvalue weighted by Crippen LogP contribution is -1.92. The fourth-order valence-electron chi connectivity index (χ4n) is 1.68. The molecular weight excluding hydrogens is 292 g/mol. The number of hydrogen-bond donors (Lipinski definition) is 0. The largest absolute Gasteiger partial charge is 0.253 e. The number of nitrogens with zero attached hydrogens (tertiary/aromatic N) is 3. The van der Waals surface area contributed by atoms with E-state index in [1.54, 1.807) is 24.5 Å². The van der Waals surface area contributed by atoms with Gasteiger partial charge in [-0.1, -0.05) is 17.8 Å². The third-order valence-corrected chi connectivity index (χ3v) is 3.56. The molecule has 0 spiro atoms. The minimum atomic E-state index is -0.876. The monoisotopic (exact) mass is 301 g/mol. The van der Waals surface area contributed by atoms with Crippen LogP contribution in [0.1, 0.15) is 0 Å². The van der Waals surface area contributed by atoms with E-state index in [1.165, 1.54) is 17.8 Å². The number of pyridine rings is 1. The van der Waals surface area contributed by atoms with E-state index in [-0.39, 0.29) is 0 Å². The summed E-state index contributed by atoms with van der Waals surface area (Å²) >= 11 is 1.23. The second kappa shape index (κ2) is 5.97. The zero-order chi connectivity index (χ0) is 14.7. The first-order valence-electron chi connectivity index (χ1n) is 6.10. The molecule has 0 bridgehead atoms. The summed E-state index contributed by atoms with van der Waals surface area (Å²) in [7, 11) is 0. The molecule has 0 unspecified atom stereocenters. The molecule has 21 heavy (non-hydrogen) atoms. The summed E-state index contributed by atoms with van der Waals surface area (Å²) < 4.78 is 26.1. The summed E-state index contributed by atoms with van der Waals surface area (Å²) in [5.41, 5.74) is 0.658. The minimum Gasteiger partial charge on any atom is -0.253 e. The van der Waals surface area contributed by atoms with Crippen LogP contribution in [0.15, 0.2) is 64.8 Å². The maximum Gasteiger partial charge on any atom is 0.179 e. The molecule has 3 rings (SSSR count). The highest BCUT2D eigenvalue weighted by Gasteiger charge is 2.07. The molecule has 0 saturated heterocycles.